The molecule has 0 aliphatic carbocycles. The van der Waals surface area contributed by atoms with Crippen molar-refractivity contribution >= 4 is 73.5 Å². The van der Waals surface area contributed by atoms with Gasteiger partial charge in [0.05, 0.1) is 37.7 Å². The standard InChI is InChI=1S/C50H71N11O18S2/c1-33-25-38(26-34(2)47(33)81(77,78)57-39(50(72)73)27-54-48(70)36-11-8-35(9-12-36)10-13-37-5-3-6-41(51)55-37)79-24-4-7-42(62)52-14-15-53-49(71)40(32-80(74,75)76)56-43(63)28-58-16-18-59(29-44(64)65)20-22-61(31-46(68)69)23-21-60(19-17-58)30-45(66)67/h3,5-6,8-9,11-12,25-26,39-40,57H,4,7,10,13-24,27-32H2,1-2H3,(H2,51,55)(H,52,62)(H,53,71)(H,54,70)(H,56,63)(H,64,65)(H,66,67)(H,68,69)(H,72,73)(H,74,75,76)/t39-,40?/m1/s1. The summed E-state index contributed by atoms with van der Waals surface area (Å²) in [5, 5.41) is 48.0. The number of aromatic nitrogens is 1. The number of carboxylic acid groups (broad SMARTS) is 4. The monoisotopic (exact) mass is 1180 g/mol. The maximum atomic E-state index is 13.6. The second kappa shape index (κ2) is 32.2. The van der Waals surface area contributed by atoms with E-state index in [1.165, 1.54) is 35.8 Å². The summed E-state index contributed by atoms with van der Waals surface area (Å²) in [5.74, 6) is -8.50. The Hall–Kier alpha value is -7.39. The van der Waals surface area contributed by atoms with Crippen LogP contribution in [-0.4, -0.2) is 237 Å². The van der Waals surface area contributed by atoms with Gasteiger partial charge in [0, 0.05) is 89.7 Å². The molecule has 12 N–H and O–H groups in total. The SMILES string of the molecule is Cc1cc(OCCCC(=O)NCCNC(=O)C(CS(=O)(=O)O)NC(=O)CN2CCN(CC(=O)O)CCN(CC(=O)O)CCN(CC(=O)O)CC2)cc(C)c1S(=O)(=O)N[C@H](CNC(=O)c1ccc(CCc2cccc(N)n2)cc1)C(=O)O. The number of rotatable bonds is 30. The van der Waals surface area contributed by atoms with Crippen LogP contribution in [0.2, 0.25) is 0 Å². The number of ether oxygens (including phenoxy) is 1. The highest BCUT2D eigenvalue weighted by atomic mass is 32.2. The maximum Gasteiger partial charge on any atom is 0.323 e. The molecule has 29 nitrogen and oxygen atoms in total. The van der Waals surface area contributed by atoms with Crippen LogP contribution in [0.4, 0.5) is 5.82 Å². The zero-order valence-electron chi connectivity index (χ0n) is 44.9. The lowest BCUT2D eigenvalue weighted by Gasteiger charge is -2.33. The molecule has 2 heterocycles. The van der Waals surface area contributed by atoms with Crippen LogP contribution in [0.25, 0.3) is 0 Å². The van der Waals surface area contributed by atoms with Gasteiger partial charge in [-0.15, -0.1) is 0 Å². The van der Waals surface area contributed by atoms with Crippen molar-refractivity contribution in [2.75, 3.05) is 116 Å². The van der Waals surface area contributed by atoms with Gasteiger partial charge in [0.1, 0.15) is 29.4 Å². The number of nitrogens with one attached hydrogen (secondary N) is 5. The number of aryl methyl sites for hydroxylation is 4. The van der Waals surface area contributed by atoms with E-state index < -0.39 is 112 Å². The Morgan fingerprint density at radius 2 is 1.19 bits per heavy atom. The number of nitrogen functional groups attached to an aromatic ring is 1. The van der Waals surface area contributed by atoms with Crippen molar-refractivity contribution in [1.29, 1.82) is 0 Å². The van der Waals surface area contributed by atoms with Crippen LogP contribution in [0.1, 0.15) is 45.6 Å². The highest BCUT2D eigenvalue weighted by Crippen LogP contribution is 2.26. The Morgan fingerprint density at radius 3 is 1.68 bits per heavy atom. The first-order valence-corrected chi connectivity index (χ1v) is 28.7. The molecule has 4 amide bonds. The topological polar surface area (TPSA) is 427 Å². The van der Waals surface area contributed by atoms with Gasteiger partial charge in [-0.1, -0.05) is 18.2 Å². The second-order valence-corrected chi connectivity index (χ2v) is 22.3. The first-order chi connectivity index (χ1) is 38.2. The third kappa shape index (κ3) is 24.9. The van der Waals surface area contributed by atoms with E-state index in [1.54, 1.807) is 46.2 Å². The average molecular weight is 1180 g/mol. The molecule has 4 rings (SSSR count). The molecular weight excluding hydrogens is 1110 g/mol. The number of carbonyl (C=O) groups excluding carboxylic acids is 4. The fourth-order valence-electron chi connectivity index (χ4n) is 8.52. The predicted octanol–water partition coefficient (Wildman–Crippen LogP) is -2.53. The molecule has 0 bridgehead atoms. The molecule has 81 heavy (non-hydrogen) atoms. The van der Waals surface area contributed by atoms with Crippen LogP contribution in [0.3, 0.4) is 0 Å². The van der Waals surface area contributed by atoms with E-state index in [9.17, 15) is 80.2 Å². The molecule has 31 heteroatoms. The van der Waals surface area contributed by atoms with Crippen molar-refractivity contribution < 1.29 is 84.9 Å². The summed E-state index contributed by atoms with van der Waals surface area (Å²) < 4.78 is 68.5. The predicted molar refractivity (Wildman–Crippen MR) is 290 cm³/mol. The number of pyridine rings is 1. The zero-order chi connectivity index (χ0) is 59.9. The normalized spacial score (nSPS) is 15.2. The van der Waals surface area contributed by atoms with Crippen molar-refractivity contribution in [2.45, 2.75) is 56.5 Å². The van der Waals surface area contributed by atoms with E-state index in [1.807, 2.05) is 6.07 Å². The van der Waals surface area contributed by atoms with Gasteiger partial charge in [-0.2, -0.15) is 13.1 Å². The number of sulfonamides is 1. The highest BCUT2D eigenvalue weighted by molar-refractivity contribution is 7.89. The third-order valence-corrected chi connectivity index (χ3v) is 15.0. The lowest BCUT2D eigenvalue weighted by Crippen LogP contribution is -2.54. The average Bonchev–Trinajstić information content (AvgIpc) is 3.41. The van der Waals surface area contributed by atoms with Crippen LogP contribution in [-0.2, 0) is 66.5 Å². The largest absolute Gasteiger partial charge is 0.494 e. The van der Waals surface area contributed by atoms with E-state index in [0.29, 0.717) is 18.7 Å². The summed E-state index contributed by atoms with van der Waals surface area (Å²) in [6.07, 6.45) is 1.36. The summed E-state index contributed by atoms with van der Waals surface area (Å²) in [6.45, 7) is 1.12. The Bertz CT molecular complexity index is 2860. The van der Waals surface area contributed by atoms with E-state index in [4.69, 9.17) is 10.5 Å². The van der Waals surface area contributed by atoms with Crippen molar-refractivity contribution in [3.8, 4) is 5.75 Å². The van der Waals surface area contributed by atoms with Gasteiger partial charge in [0.2, 0.25) is 27.7 Å². The number of amides is 4. The van der Waals surface area contributed by atoms with E-state index in [0.717, 1.165) is 11.3 Å². The van der Waals surface area contributed by atoms with Crippen LogP contribution < -0.4 is 36.5 Å². The fourth-order valence-corrected chi connectivity index (χ4v) is 10.8. The Labute approximate surface area is 468 Å². The number of carboxylic acids is 4. The number of hydrogen-bond acceptors (Lipinski definition) is 19. The Kier molecular flexibility index (Phi) is 26.2. The highest BCUT2D eigenvalue weighted by Gasteiger charge is 2.30. The molecule has 0 saturated carbocycles. The lowest BCUT2D eigenvalue weighted by atomic mass is 10.1. The number of nitrogens with zero attached hydrogens (tertiary/aromatic N) is 5. The molecule has 0 spiro atoms. The number of nitrogens with two attached hydrogens (primary N) is 1. The molecule has 446 valence electrons. The fraction of sp³-hybridized carbons (Fsp3) is 0.500. The Balaban J connectivity index is 1.23. The minimum Gasteiger partial charge on any atom is -0.494 e. The second-order valence-electron chi connectivity index (χ2n) is 19.1. The van der Waals surface area contributed by atoms with Gasteiger partial charge in [0.25, 0.3) is 16.0 Å². The van der Waals surface area contributed by atoms with Gasteiger partial charge in [-0.25, -0.2) is 13.4 Å². The van der Waals surface area contributed by atoms with Gasteiger partial charge in [0.15, 0.2) is 0 Å². The molecule has 2 aromatic carbocycles. The third-order valence-electron chi connectivity index (χ3n) is 12.4. The smallest absolute Gasteiger partial charge is 0.323 e. The molecule has 1 aromatic heterocycles. The maximum absolute atomic E-state index is 13.6. The minimum atomic E-state index is -4.84. The Morgan fingerprint density at radius 1 is 0.667 bits per heavy atom. The number of aliphatic carboxylic acids is 4. The lowest BCUT2D eigenvalue weighted by molar-refractivity contribution is -0.140. The molecule has 1 aliphatic rings. The van der Waals surface area contributed by atoms with E-state index >= 15 is 0 Å². The molecule has 3 aromatic rings. The van der Waals surface area contributed by atoms with Gasteiger partial charge in [-0.05, 0) is 86.2 Å². The van der Waals surface area contributed by atoms with Crippen LogP contribution in [0.15, 0.2) is 59.5 Å². The molecule has 2 atom stereocenters. The number of benzene rings is 2. The number of carbonyl (C=O) groups is 8. The van der Waals surface area contributed by atoms with Gasteiger partial charge in [-0.3, -0.25) is 62.5 Å². The van der Waals surface area contributed by atoms with Crippen molar-refractivity contribution in [3.05, 3.63) is 82.5 Å². The van der Waals surface area contributed by atoms with E-state index in [-0.39, 0.29) is 119 Å². The zero-order valence-corrected chi connectivity index (χ0v) is 46.5. The molecule has 1 fully saturated rings. The molecule has 1 aliphatic heterocycles. The molecule has 0 radical (unpaired) electrons. The van der Waals surface area contributed by atoms with Gasteiger partial charge < -0.3 is 52.2 Å². The van der Waals surface area contributed by atoms with Crippen LogP contribution >= 0.6 is 0 Å². The minimum absolute atomic E-state index is 0.000574. The van der Waals surface area contributed by atoms with Crippen molar-refractivity contribution in [3.63, 3.8) is 0 Å². The quantitative estimate of drug-likeness (QED) is 0.0242. The van der Waals surface area contributed by atoms with Crippen LogP contribution in [0, 0.1) is 13.8 Å². The summed E-state index contributed by atoms with van der Waals surface area (Å²) >= 11 is 0. The summed E-state index contributed by atoms with van der Waals surface area (Å²) in [5.41, 5.74) is 8.13. The van der Waals surface area contributed by atoms with Crippen LogP contribution in [0.5, 0.6) is 5.75 Å². The molecule has 1 unspecified atom stereocenters. The number of hydrogen-bond donors (Lipinski definition) is 11. The first kappa shape index (κ1) is 66.1. The molecule has 1 saturated heterocycles. The molecular formula is C50H71N11O18S2. The van der Waals surface area contributed by atoms with Crippen molar-refractivity contribution in [2.24, 2.45) is 0 Å². The van der Waals surface area contributed by atoms with Crippen molar-refractivity contribution in [1.82, 2.24) is 50.6 Å². The first-order valence-electron chi connectivity index (χ1n) is 25.6. The van der Waals surface area contributed by atoms with E-state index in [2.05, 4.69) is 31.0 Å². The summed E-state index contributed by atoms with van der Waals surface area (Å²) in [6, 6.07) is 11.3. The van der Waals surface area contributed by atoms with Gasteiger partial charge >= 0.3 is 23.9 Å². The summed E-state index contributed by atoms with van der Waals surface area (Å²) in [7, 11) is -9.30. The number of anilines is 1. The summed E-state index contributed by atoms with van der Waals surface area (Å²) in [4.78, 5) is 109.